The van der Waals surface area contributed by atoms with Gasteiger partial charge in [-0.15, -0.1) is 0 Å². The van der Waals surface area contributed by atoms with E-state index in [-0.39, 0.29) is 17.8 Å². The van der Waals surface area contributed by atoms with Crippen LogP contribution >= 0.6 is 0 Å². The van der Waals surface area contributed by atoms with Crippen molar-refractivity contribution in [1.82, 2.24) is 0 Å². The average molecular weight is 167 g/mol. The maximum absolute atomic E-state index is 8.88. The van der Waals surface area contributed by atoms with Crippen molar-refractivity contribution in [3.63, 3.8) is 0 Å². The van der Waals surface area contributed by atoms with Gasteiger partial charge in [0.05, 0.1) is 6.61 Å². The van der Waals surface area contributed by atoms with Crippen LogP contribution in [0.15, 0.2) is 18.2 Å². The van der Waals surface area contributed by atoms with Crippen LogP contribution in [0.2, 0.25) is 0 Å². The molecule has 0 spiro atoms. The molecule has 0 aliphatic carbocycles. The molecule has 0 atom stereocenters. The molecule has 0 amide bonds. The first kappa shape index (κ1) is 9.06. The second-order valence-corrected chi connectivity index (χ2v) is 2.45. The Hall–Kier alpha value is -1.04. The largest absolute Gasteiger partial charge is 0.490 e. The number of nitrogen functional groups attached to an aromatic ring is 1. The molecule has 0 radical (unpaired) electrons. The summed E-state index contributed by atoms with van der Waals surface area (Å²) in [6, 6.07) is 4.78. The van der Waals surface area contributed by atoms with Gasteiger partial charge < -0.3 is 20.9 Å². The molecule has 0 saturated carbocycles. The lowest BCUT2D eigenvalue weighted by Crippen LogP contribution is -2.35. The number of aliphatic hydroxyl groups is 1. The van der Waals surface area contributed by atoms with Crippen LogP contribution in [0, 0.1) is 0 Å². The molecule has 1 aromatic carbocycles. The van der Waals surface area contributed by atoms with Crippen LogP contribution in [0.4, 0.5) is 5.69 Å². The van der Waals surface area contributed by atoms with Crippen LogP contribution in [-0.2, 0) is 6.61 Å². The quantitative estimate of drug-likeness (QED) is 0.317. The monoisotopic (exact) mass is 167 g/mol. The summed E-state index contributed by atoms with van der Waals surface area (Å²) < 4.78 is 0. The van der Waals surface area contributed by atoms with Crippen LogP contribution in [0.3, 0.4) is 0 Å². The minimum Gasteiger partial charge on any atom is -0.423 e. The van der Waals surface area contributed by atoms with Gasteiger partial charge in [-0.25, -0.2) is 0 Å². The van der Waals surface area contributed by atoms with Crippen LogP contribution in [0.5, 0.6) is 0 Å². The molecule has 5 N–H and O–H groups in total. The summed E-state index contributed by atoms with van der Waals surface area (Å²) in [4.78, 5) is 0. The van der Waals surface area contributed by atoms with Gasteiger partial charge in [-0.3, -0.25) is 0 Å². The van der Waals surface area contributed by atoms with Crippen molar-refractivity contribution in [2.24, 2.45) is 0 Å². The Balaban J connectivity index is 3.20. The second kappa shape index (κ2) is 3.58. The molecule has 0 aliphatic rings. The first-order valence-electron chi connectivity index (χ1n) is 3.51. The highest BCUT2D eigenvalue weighted by molar-refractivity contribution is 6.61. The van der Waals surface area contributed by atoms with Gasteiger partial charge in [0.2, 0.25) is 0 Å². The lowest BCUT2D eigenvalue weighted by molar-refractivity contribution is 0.282. The van der Waals surface area contributed by atoms with E-state index in [1.165, 1.54) is 0 Å². The lowest BCUT2D eigenvalue weighted by atomic mass is 9.76. The minimum absolute atomic E-state index is 0.181. The number of anilines is 1. The van der Waals surface area contributed by atoms with Crippen molar-refractivity contribution in [1.29, 1.82) is 0 Å². The Bertz CT molecular complexity index is 277. The first-order chi connectivity index (χ1) is 5.66. The Morgan fingerprint density at radius 3 is 2.42 bits per heavy atom. The van der Waals surface area contributed by atoms with Gasteiger partial charge >= 0.3 is 7.12 Å². The number of hydrogen-bond donors (Lipinski definition) is 4. The molecule has 0 aromatic heterocycles. The predicted molar refractivity (Wildman–Crippen MR) is 46.6 cm³/mol. The molecular weight excluding hydrogens is 157 g/mol. The Labute approximate surface area is 70.4 Å². The normalized spacial score (nSPS) is 9.92. The molecule has 5 heteroatoms. The fraction of sp³-hybridized carbons (Fsp3) is 0.143. The van der Waals surface area contributed by atoms with Crippen molar-refractivity contribution in [3.8, 4) is 0 Å². The summed E-state index contributed by atoms with van der Waals surface area (Å²) in [5.74, 6) is 0. The third-order valence-corrected chi connectivity index (χ3v) is 1.66. The molecule has 0 fully saturated rings. The van der Waals surface area contributed by atoms with Crippen molar-refractivity contribution < 1.29 is 15.2 Å². The van der Waals surface area contributed by atoms with Crippen molar-refractivity contribution in [2.45, 2.75) is 6.61 Å². The van der Waals surface area contributed by atoms with E-state index >= 15 is 0 Å². The highest BCUT2D eigenvalue weighted by atomic mass is 16.4. The maximum atomic E-state index is 8.88. The van der Waals surface area contributed by atoms with Crippen LogP contribution in [0.25, 0.3) is 0 Å². The molecule has 1 rings (SSSR count). The van der Waals surface area contributed by atoms with E-state index in [1.807, 2.05) is 0 Å². The van der Waals surface area contributed by atoms with E-state index in [0.29, 0.717) is 5.56 Å². The zero-order chi connectivity index (χ0) is 9.14. The van der Waals surface area contributed by atoms with E-state index in [0.717, 1.165) is 0 Å². The highest BCUT2D eigenvalue weighted by Crippen LogP contribution is 2.04. The topological polar surface area (TPSA) is 86.7 Å². The lowest BCUT2D eigenvalue weighted by Gasteiger charge is -2.08. The molecule has 12 heavy (non-hydrogen) atoms. The summed E-state index contributed by atoms with van der Waals surface area (Å²) in [6.45, 7) is -0.252. The van der Waals surface area contributed by atoms with Gasteiger partial charge in [0.25, 0.3) is 0 Å². The average Bonchev–Trinajstić information content (AvgIpc) is 2.03. The van der Waals surface area contributed by atoms with E-state index < -0.39 is 7.12 Å². The van der Waals surface area contributed by atoms with Crippen molar-refractivity contribution >= 4 is 18.3 Å². The maximum Gasteiger partial charge on any atom is 0.490 e. The zero-order valence-electron chi connectivity index (χ0n) is 6.44. The minimum atomic E-state index is -1.63. The van der Waals surface area contributed by atoms with Gasteiger partial charge in [0.1, 0.15) is 0 Å². The zero-order valence-corrected chi connectivity index (χ0v) is 6.44. The SMILES string of the molecule is Nc1cccc(CO)c1B(O)O. The Morgan fingerprint density at radius 1 is 1.33 bits per heavy atom. The predicted octanol–water partition coefficient (Wildman–Crippen LogP) is -1.56. The van der Waals surface area contributed by atoms with Gasteiger partial charge in [-0.1, -0.05) is 12.1 Å². The summed E-state index contributed by atoms with van der Waals surface area (Å²) in [5.41, 5.74) is 6.36. The van der Waals surface area contributed by atoms with E-state index in [2.05, 4.69) is 0 Å². The summed E-state index contributed by atoms with van der Waals surface area (Å²) in [5, 5.41) is 26.6. The summed E-state index contributed by atoms with van der Waals surface area (Å²) in [6.07, 6.45) is 0. The molecule has 1 aromatic rings. The number of nitrogens with two attached hydrogens (primary N) is 1. The highest BCUT2D eigenvalue weighted by Gasteiger charge is 2.18. The summed E-state index contributed by atoms with van der Waals surface area (Å²) >= 11 is 0. The standard InChI is InChI=1S/C7H10BNO3/c9-6-3-1-2-5(4-10)7(6)8(11)12/h1-3,10-12H,4,9H2. The summed E-state index contributed by atoms with van der Waals surface area (Å²) in [7, 11) is -1.63. The Kier molecular flexibility index (Phi) is 2.70. The number of aliphatic hydroxyl groups excluding tert-OH is 1. The molecule has 0 bridgehead atoms. The van der Waals surface area contributed by atoms with Crippen molar-refractivity contribution in [3.05, 3.63) is 23.8 Å². The van der Waals surface area contributed by atoms with Crippen LogP contribution in [-0.4, -0.2) is 22.3 Å². The third-order valence-electron chi connectivity index (χ3n) is 1.66. The smallest absolute Gasteiger partial charge is 0.423 e. The van der Waals surface area contributed by atoms with Gasteiger partial charge in [0.15, 0.2) is 0 Å². The third kappa shape index (κ3) is 1.58. The molecule has 0 saturated heterocycles. The van der Waals surface area contributed by atoms with Gasteiger partial charge in [0, 0.05) is 11.2 Å². The molecule has 0 unspecified atom stereocenters. The number of hydrogen-bond acceptors (Lipinski definition) is 4. The fourth-order valence-electron chi connectivity index (χ4n) is 1.09. The van der Waals surface area contributed by atoms with Crippen LogP contribution < -0.4 is 11.2 Å². The molecule has 64 valence electrons. The molecule has 0 heterocycles. The van der Waals surface area contributed by atoms with E-state index in [9.17, 15) is 0 Å². The van der Waals surface area contributed by atoms with E-state index in [4.69, 9.17) is 20.9 Å². The Morgan fingerprint density at radius 2 is 2.00 bits per heavy atom. The van der Waals surface area contributed by atoms with E-state index in [1.54, 1.807) is 18.2 Å². The molecular formula is C7H10BNO3. The molecule has 4 nitrogen and oxygen atoms in total. The second-order valence-electron chi connectivity index (χ2n) is 2.45. The first-order valence-corrected chi connectivity index (χ1v) is 3.51. The molecule has 0 aliphatic heterocycles. The number of rotatable bonds is 2. The van der Waals surface area contributed by atoms with Crippen LogP contribution in [0.1, 0.15) is 5.56 Å². The van der Waals surface area contributed by atoms with Crippen molar-refractivity contribution in [2.75, 3.05) is 5.73 Å². The van der Waals surface area contributed by atoms with Gasteiger partial charge in [-0.05, 0) is 11.6 Å². The van der Waals surface area contributed by atoms with Gasteiger partial charge in [-0.2, -0.15) is 0 Å². The number of benzene rings is 1. The fourth-order valence-corrected chi connectivity index (χ4v) is 1.09.